The molecule has 1 aromatic heterocycles. The molecule has 1 aromatic carbocycles. The van der Waals surface area contributed by atoms with Crippen molar-refractivity contribution in [3.05, 3.63) is 56.8 Å². The molecule has 0 amide bonds. The van der Waals surface area contributed by atoms with Gasteiger partial charge in [-0.15, -0.1) is 11.3 Å². The van der Waals surface area contributed by atoms with Gasteiger partial charge < -0.3 is 5.11 Å². The van der Waals surface area contributed by atoms with Gasteiger partial charge in [0.1, 0.15) is 0 Å². The highest BCUT2D eigenvalue weighted by atomic mass is 32.1. The summed E-state index contributed by atoms with van der Waals surface area (Å²) in [6, 6.07) is 10.6. The molecular weight excluding hydrogens is 252 g/mol. The first-order valence-electron chi connectivity index (χ1n) is 6.79. The molecule has 1 heterocycles. The van der Waals surface area contributed by atoms with Crippen molar-refractivity contribution in [2.45, 2.75) is 46.1 Å². The van der Waals surface area contributed by atoms with Crippen molar-refractivity contribution in [3.8, 4) is 0 Å². The summed E-state index contributed by atoms with van der Waals surface area (Å²) in [6.07, 6.45) is 1.75. The molecule has 0 aliphatic carbocycles. The number of hydrogen-bond acceptors (Lipinski definition) is 2. The number of hydrogen-bond donors (Lipinski definition) is 1. The van der Waals surface area contributed by atoms with Gasteiger partial charge in [-0.25, -0.2) is 0 Å². The predicted octanol–water partition coefficient (Wildman–Crippen LogP) is 4.38. The topological polar surface area (TPSA) is 20.2 Å². The summed E-state index contributed by atoms with van der Waals surface area (Å²) in [6.45, 7) is 8.23. The van der Waals surface area contributed by atoms with Crippen LogP contribution in [0.2, 0.25) is 0 Å². The van der Waals surface area contributed by atoms with Crippen LogP contribution in [0.15, 0.2) is 30.3 Å². The van der Waals surface area contributed by atoms with Crippen molar-refractivity contribution in [3.63, 3.8) is 0 Å². The van der Waals surface area contributed by atoms with E-state index >= 15 is 0 Å². The fourth-order valence-corrected chi connectivity index (χ4v) is 3.54. The minimum Gasteiger partial charge on any atom is -0.385 e. The molecule has 1 atom stereocenters. The van der Waals surface area contributed by atoms with E-state index in [0.29, 0.717) is 6.42 Å². The van der Waals surface area contributed by atoms with Crippen molar-refractivity contribution >= 4 is 11.3 Å². The van der Waals surface area contributed by atoms with E-state index in [9.17, 15) is 5.11 Å². The largest absolute Gasteiger partial charge is 0.385 e. The molecule has 2 heteroatoms. The summed E-state index contributed by atoms with van der Waals surface area (Å²) in [5, 5.41) is 10.8. The maximum Gasteiger partial charge on any atom is 0.0916 e. The van der Waals surface area contributed by atoms with Gasteiger partial charge in [0, 0.05) is 16.2 Å². The highest BCUT2D eigenvalue weighted by Gasteiger charge is 2.24. The lowest BCUT2D eigenvalue weighted by molar-refractivity contribution is 0.0583. The molecule has 0 fully saturated rings. The van der Waals surface area contributed by atoms with Gasteiger partial charge in [-0.2, -0.15) is 0 Å². The lowest BCUT2D eigenvalue weighted by atomic mass is 9.89. The van der Waals surface area contributed by atoms with Crippen LogP contribution in [0.25, 0.3) is 0 Å². The second-order valence-corrected chi connectivity index (χ2v) is 6.80. The first-order chi connectivity index (χ1) is 8.90. The molecule has 19 heavy (non-hydrogen) atoms. The quantitative estimate of drug-likeness (QED) is 0.877. The number of aliphatic hydroxyl groups is 1. The third-order valence-electron chi connectivity index (χ3n) is 3.43. The van der Waals surface area contributed by atoms with Crippen molar-refractivity contribution in [1.82, 2.24) is 0 Å². The zero-order valence-electron chi connectivity index (χ0n) is 12.2. The molecule has 1 nitrogen and oxygen atoms in total. The Labute approximate surface area is 119 Å². The standard InChI is InChI=1S/C17H22OS/c1-5-15-6-7-16(19-15)11-17(4,18)14-9-12(2)8-13(3)10-14/h6-10,18H,5,11H2,1-4H3. The SMILES string of the molecule is CCc1ccc(CC(C)(O)c2cc(C)cc(C)c2)s1. The van der Waals surface area contributed by atoms with Crippen LogP contribution in [0.1, 0.15) is 40.3 Å². The molecular formula is C17H22OS. The maximum absolute atomic E-state index is 10.8. The fraction of sp³-hybridized carbons (Fsp3) is 0.412. The monoisotopic (exact) mass is 274 g/mol. The van der Waals surface area contributed by atoms with Gasteiger partial charge in [0.25, 0.3) is 0 Å². The molecule has 1 N–H and O–H groups in total. The Kier molecular flexibility index (Phi) is 4.12. The molecule has 0 spiro atoms. The van der Waals surface area contributed by atoms with Gasteiger partial charge in [-0.05, 0) is 44.9 Å². The zero-order chi connectivity index (χ0) is 14.0. The summed E-state index contributed by atoms with van der Waals surface area (Å²) in [4.78, 5) is 2.63. The third-order valence-corrected chi connectivity index (χ3v) is 4.66. The van der Waals surface area contributed by atoms with Crippen molar-refractivity contribution in [2.24, 2.45) is 0 Å². The smallest absolute Gasteiger partial charge is 0.0916 e. The summed E-state index contributed by atoms with van der Waals surface area (Å²) in [5.74, 6) is 0. The van der Waals surface area contributed by atoms with E-state index in [1.54, 1.807) is 11.3 Å². The molecule has 1 unspecified atom stereocenters. The Morgan fingerprint density at radius 1 is 1.05 bits per heavy atom. The van der Waals surface area contributed by atoms with E-state index in [2.05, 4.69) is 51.1 Å². The van der Waals surface area contributed by atoms with Gasteiger partial charge in [0.15, 0.2) is 0 Å². The van der Waals surface area contributed by atoms with Crippen LogP contribution in [0, 0.1) is 13.8 Å². The minimum atomic E-state index is -0.799. The average molecular weight is 274 g/mol. The summed E-state index contributed by atoms with van der Waals surface area (Å²) in [5.41, 5.74) is 2.62. The second-order valence-electron chi connectivity index (χ2n) is 5.55. The van der Waals surface area contributed by atoms with E-state index in [4.69, 9.17) is 0 Å². The van der Waals surface area contributed by atoms with E-state index in [0.717, 1.165) is 12.0 Å². The van der Waals surface area contributed by atoms with Crippen LogP contribution in [0.4, 0.5) is 0 Å². The summed E-state index contributed by atoms with van der Waals surface area (Å²) in [7, 11) is 0. The number of benzene rings is 1. The fourth-order valence-electron chi connectivity index (χ4n) is 2.43. The Balaban J connectivity index is 2.25. The average Bonchev–Trinajstić information content (AvgIpc) is 2.74. The summed E-state index contributed by atoms with van der Waals surface area (Å²) < 4.78 is 0. The lowest BCUT2D eigenvalue weighted by Gasteiger charge is -2.24. The van der Waals surface area contributed by atoms with Crippen LogP contribution in [0.3, 0.4) is 0 Å². The Morgan fingerprint density at radius 2 is 1.63 bits per heavy atom. The Hall–Kier alpha value is -1.12. The molecule has 0 bridgehead atoms. The van der Waals surface area contributed by atoms with Crippen molar-refractivity contribution in [2.75, 3.05) is 0 Å². The number of thiophene rings is 1. The third kappa shape index (κ3) is 3.46. The van der Waals surface area contributed by atoms with E-state index < -0.39 is 5.60 Å². The van der Waals surface area contributed by atoms with Crippen LogP contribution < -0.4 is 0 Å². The summed E-state index contributed by atoms with van der Waals surface area (Å²) >= 11 is 1.80. The van der Waals surface area contributed by atoms with Gasteiger partial charge in [0.05, 0.1) is 5.60 Å². The van der Waals surface area contributed by atoms with E-state index in [1.165, 1.54) is 20.9 Å². The van der Waals surface area contributed by atoms with Gasteiger partial charge >= 0.3 is 0 Å². The number of aryl methyl sites for hydroxylation is 3. The molecule has 0 aliphatic rings. The molecule has 2 aromatic rings. The molecule has 0 radical (unpaired) electrons. The molecule has 0 aliphatic heterocycles. The van der Waals surface area contributed by atoms with Crippen LogP contribution in [-0.4, -0.2) is 5.11 Å². The van der Waals surface area contributed by atoms with Crippen molar-refractivity contribution < 1.29 is 5.11 Å². The minimum absolute atomic E-state index is 0.681. The van der Waals surface area contributed by atoms with Crippen LogP contribution in [-0.2, 0) is 18.4 Å². The first kappa shape index (κ1) is 14.3. The maximum atomic E-state index is 10.8. The van der Waals surface area contributed by atoms with Gasteiger partial charge in [-0.1, -0.05) is 36.2 Å². The molecule has 0 saturated carbocycles. The highest BCUT2D eigenvalue weighted by Crippen LogP contribution is 2.30. The first-order valence-corrected chi connectivity index (χ1v) is 7.61. The molecule has 2 rings (SSSR count). The predicted molar refractivity (Wildman–Crippen MR) is 82.9 cm³/mol. The highest BCUT2D eigenvalue weighted by molar-refractivity contribution is 7.12. The van der Waals surface area contributed by atoms with Crippen molar-refractivity contribution in [1.29, 1.82) is 0 Å². The van der Waals surface area contributed by atoms with Crippen LogP contribution >= 0.6 is 11.3 Å². The Morgan fingerprint density at radius 3 is 2.16 bits per heavy atom. The zero-order valence-corrected chi connectivity index (χ0v) is 13.0. The van der Waals surface area contributed by atoms with Gasteiger partial charge in [0.2, 0.25) is 0 Å². The second kappa shape index (κ2) is 5.48. The number of rotatable bonds is 4. The molecule has 0 saturated heterocycles. The van der Waals surface area contributed by atoms with E-state index in [1.807, 2.05) is 6.92 Å². The lowest BCUT2D eigenvalue weighted by Crippen LogP contribution is -2.24. The normalized spacial score (nSPS) is 14.4. The van der Waals surface area contributed by atoms with E-state index in [-0.39, 0.29) is 0 Å². The van der Waals surface area contributed by atoms with Gasteiger partial charge in [-0.3, -0.25) is 0 Å². The van der Waals surface area contributed by atoms with Crippen LogP contribution in [0.5, 0.6) is 0 Å². The molecule has 102 valence electrons. The Bertz CT molecular complexity index is 546.